The minimum atomic E-state index is -1.24. The Balaban J connectivity index is 1.79. The van der Waals surface area contributed by atoms with Gasteiger partial charge >= 0.3 is 5.97 Å². The number of anilines is 1. The molecule has 216 valence electrons. The molecule has 0 aromatic heterocycles. The Labute approximate surface area is 236 Å². The van der Waals surface area contributed by atoms with Gasteiger partial charge in [0.1, 0.15) is 0 Å². The van der Waals surface area contributed by atoms with Crippen molar-refractivity contribution in [3.63, 3.8) is 0 Å². The van der Waals surface area contributed by atoms with E-state index in [9.17, 15) is 28.8 Å². The van der Waals surface area contributed by atoms with E-state index in [0.29, 0.717) is 22.1 Å². The quantitative estimate of drug-likeness (QED) is 0.375. The number of fused-ring (bicyclic) bond motifs is 1. The first-order valence-corrected chi connectivity index (χ1v) is 13.2. The first-order valence-electron chi connectivity index (χ1n) is 13.2. The molecule has 12 heteroatoms. The number of hydroxylamine groups is 2. The predicted molar refractivity (Wildman–Crippen MR) is 144 cm³/mol. The van der Waals surface area contributed by atoms with Gasteiger partial charge in [-0.15, -0.1) is 5.06 Å². The molecule has 1 aliphatic heterocycles. The van der Waals surface area contributed by atoms with Gasteiger partial charge in [0.2, 0.25) is 5.91 Å². The van der Waals surface area contributed by atoms with E-state index >= 15 is 0 Å². The summed E-state index contributed by atoms with van der Waals surface area (Å²) < 4.78 is 11.7. The van der Waals surface area contributed by atoms with Gasteiger partial charge in [-0.25, -0.2) is 4.79 Å². The number of hydrogen-bond acceptors (Lipinski definition) is 9. The van der Waals surface area contributed by atoms with Crippen LogP contribution in [0.1, 0.15) is 85.2 Å². The van der Waals surface area contributed by atoms with Crippen molar-refractivity contribution in [2.24, 2.45) is 0 Å². The molecule has 2 aliphatic rings. The fraction of sp³-hybridized carbons (Fsp3) is 0.379. The number of ether oxygens (including phenoxy) is 2. The van der Waals surface area contributed by atoms with Crippen molar-refractivity contribution in [1.29, 1.82) is 0 Å². The highest BCUT2D eigenvalue weighted by molar-refractivity contribution is 6.24. The molecule has 41 heavy (non-hydrogen) atoms. The zero-order valence-corrected chi connectivity index (χ0v) is 23.2. The van der Waals surface area contributed by atoms with Crippen LogP contribution in [-0.2, 0) is 24.0 Å². The van der Waals surface area contributed by atoms with Crippen LogP contribution in [0.2, 0.25) is 0 Å². The molecule has 1 N–H and O–H groups in total. The number of nitrogens with zero attached hydrogens (tertiary/aromatic N) is 2. The Morgan fingerprint density at radius 2 is 1.71 bits per heavy atom. The second-order valence-electron chi connectivity index (χ2n) is 9.83. The van der Waals surface area contributed by atoms with Gasteiger partial charge in [-0.3, -0.25) is 28.9 Å². The number of benzene rings is 2. The summed E-state index contributed by atoms with van der Waals surface area (Å²) >= 11 is 0. The summed E-state index contributed by atoms with van der Waals surface area (Å²) in [7, 11) is 1.48. The normalized spacial score (nSPS) is 15.3. The summed E-state index contributed by atoms with van der Waals surface area (Å²) in [5.74, 6) is -3.81. The van der Waals surface area contributed by atoms with Gasteiger partial charge in [-0.1, -0.05) is 12.1 Å². The van der Waals surface area contributed by atoms with Crippen LogP contribution in [-0.4, -0.2) is 58.7 Å². The Morgan fingerprint density at radius 1 is 1.00 bits per heavy atom. The fourth-order valence-electron chi connectivity index (χ4n) is 5.08. The molecule has 4 rings (SSSR count). The van der Waals surface area contributed by atoms with Crippen LogP contribution < -0.4 is 14.8 Å². The average molecular weight is 566 g/mol. The van der Waals surface area contributed by atoms with Crippen LogP contribution in [0.25, 0.3) is 0 Å². The van der Waals surface area contributed by atoms with Gasteiger partial charge < -0.3 is 19.6 Å². The highest BCUT2D eigenvalue weighted by Crippen LogP contribution is 2.40. The molecule has 0 spiro atoms. The maximum Gasteiger partial charge on any atom is 0.330 e. The second-order valence-corrected chi connectivity index (χ2v) is 9.83. The number of nitrogens with one attached hydrogen (secondary N) is 1. The molecule has 1 atom stereocenters. The van der Waals surface area contributed by atoms with E-state index in [2.05, 4.69) is 5.32 Å². The van der Waals surface area contributed by atoms with E-state index in [1.807, 2.05) is 0 Å². The summed E-state index contributed by atoms with van der Waals surface area (Å²) in [6.07, 6.45) is 3.11. The van der Waals surface area contributed by atoms with Crippen LogP contribution in [0.3, 0.4) is 0 Å². The van der Waals surface area contributed by atoms with E-state index in [1.165, 1.54) is 32.2 Å². The zero-order valence-electron chi connectivity index (χ0n) is 23.2. The van der Waals surface area contributed by atoms with Crippen molar-refractivity contribution in [2.75, 3.05) is 12.4 Å². The van der Waals surface area contributed by atoms with Crippen molar-refractivity contribution in [1.82, 2.24) is 9.96 Å². The standard InChI is InChI=1S/C29H31N3O9/c1-16(33)30-22-11-7-10-21-27(22)29(38)31(28(21)37)23(15-26(36)32(17(2)34)41-18(3)35)19-12-13-24(39-4)25(14-19)40-20-8-5-6-9-20/h7,10-14,20,23H,5-6,8-9,15H2,1-4H3,(H,30,33)/t23-/m1/s1. The fourth-order valence-corrected chi connectivity index (χ4v) is 5.08. The monoisotopic (exact) mass is 565 g/mol. The van der Waals surface area contributed by atoms with Crippen molar-refractivity contribution < 1.29 is 43.1 Å². The third-order valence-corrected chi connectivity index (χ3v) is 6.84. The minimum Gasteiger partial charge on any atom is -0.493 e. The van der Waals surface area contributed by atoms with Gasteiger partial charge in [0, 0.05) is 20.8 Å². The van der Waals surface area contributed by atoms with Crippen molar-refractivity contribution in [3.8, 4) is 11.5 Å². The average Bonchev–Trinajstić information content (AvgIpc) is 3.51. The topological polar surface area (TPSA) is 149 Å². The molecule has 1 fully saturated rings. The number of imide groups is 2. The lowest BCUT2D eigenvalue weighted by molar-refractivity contribution is -0.200. The van der Waals surface area contributed by atoms with Gasteiger partial charge in [0.25, 0.3) is 23.6 Å². The Morgan fingerprint density at radius 3 is 2.32 bits per heavy atom. The number of hydrogen-bond donors (Lipinski definition) is 1. The first kappa shape index (κ1) is 29.2. The molecule has 2 aromatic rings. The smallest absolute Gasteiger partial charge is 0.330 e. The van der Waals surface area contributed by atoms with Crippen molar-refractivity contribution >= 4 is 41.2 Å². The Kier molecular flexibility index (Phi) is 8.70. The summed E-state index contributed by atoms with van der Waals surface area (Å²) in [6, 6.07) is 8.01. The van der Waals surface area contributed by atoms with Gasteiger partial charge in [-0.05, 0) is 55.5 Å². The van der Waals surface area contributed by atoms with Crippen LogP contribution >= 0.6 is 0 Å². The van der Waals surface area contributed by atoms with Crippen LogP contribution in [0, 0.1) is 0 Å². The SMILES string of the molecule is COc1ccc([C@@H](CC(=O)N(OC(C)=O)C(C)=O)N2C(=O)c3cccc(NC(C)=O)c3C2=O)cc1OC1CCCC1. The summed E-state index contributed by atoms with van der Waals surface area (Å²) in [4.78, 5) is 82.0. The van der Waals surface area contributed by atoms with E-state index in [1.54, 1.807) is 18.2 Å². The van der Waals surface area contributed by atoms with E-state index in [0.717, 1.165) is 44.4 Å². The van der Waals surface area contributed by atoms with E-state index in [-0.39, 0.29) is 22.9 Å². The van der Waals surface area contributed by atoms with Gasteiger partial charge in [0.05, 0.1) is 42.5 Å². The number of rotatable bonds is 8. The van der Waals surface area contributed by atoms with Gasteiger partial charge in [0.15, 0.2) is 11.5 Å². The lowest BCUT2D eigenvalue weighted by atomic mass is 10.0. The van der Waals surface area contributed by atoms with Crippen LogP contribution in [0.5, 0.6) is 11.5 Å². The molecular weight excluding hydrogens is 534 g/mol. The maximum absolute atomic E-state index is 13.8. The van der Waals surface area contributed by atoms with E-state index in [4.69, 9.17) is 14.3 Å². The van der Waals surface area contributed by atoms with Crippen LogP contribution in [0.4, 0.5) is 5.69 Å². The number of carbonyl (C=O) groups excluding carboxylic acids is 6. The predicted octanol–water partition coefficient (Wildman–Crippen LogP) is 3.56. The third-order valence-electron chi connectivity index (χ3n) is 6.84. The molecule has 0 unspecified atom stereocenters. The molecular formula is C29H31N3O9. The number of methoxy groups -OCH3 is 1. The first-order chi connectivity index (χ1) is 19.5. The minimum absolute atomic E-state index is 0.0236. The van der Waals surface area contributed by atoms with Crippen molar-refractivity contribution in [2.45, 2.75) is 65.0 Å². The summed E-state index contributed by atoms with van der Waals surface area (Å²) in [6.45, 7) is 3.34. The van der Waals surface area contributed by atoms with Crippen LogP contribution in [0.15, 0.2) is 36.4 Å². The highest BCUT2D eigenvalue weighted by Gasteiger charge is 2.44. The summed E-state index contributed by atoms with van der Waals surface area (Å²) in [5, 5.41) is 2.86. The third kappa shape index (κ3) is 6.21. The highest BCUT2D eigenvalue weighted by atomic mass is 16.7. The Hall–Kier alpha value is -4.74. The molecule has 5 amide bonds. The largest absolute Gasteiger partial charge is 0.493 e. The molecule has 1 saturated carbocycles. The lowest BCUT2D eigenvalue weighted by Gasteiger charge is -2.28. The second kappa shape index (κ2) is 12.2. The lowest BCUT2D eigenvalue weighted by Crippen LogP contribution is -2.41. The number of amides is 5. The molecule has 12 nitrogen and oxygen atoms in total. The molecule has 0 radical (unpaired) electrons. The van der Waals surface area contributed by atoms with E-state index < -0.39 is 48.0 Å². The van der Waals surface area contributed by atoms with Gasteiger partial charge in [-0.2, -0.15) is 0 Å². The summed E-state index contributed by atoms with van der Waals surface area (Å²) in [5.41, 5.74) is 0.503. The molecule has 1 aliphatic carbocycles. The maximum atomic E-state index is 13.8. The number of carbonyl (C=O) groups is 6. The molecule has 2 aromatic carbocycles. The molecule has 0 saturated heterocycles. The Bertz CT molecular complexity index is 1410. The zero-order chi connectivity index (χ0) is 29.8. The molecule has 1 heterocycles. The van der Waals surface area contributed by atoms with Crippen molar-refractivity contribution in [3.05, 3.63) is 53.1 Å². The molecule has 0 bridgehead atoms.